The SMILES string of the molecule is CCCOCCn1cc[n+](C)c1C(C)(C)C. The van der Waals surface area contributed by atoms with Crippen LogP contribution in [0.25, 0.3) is 0 Å². The number of ether oxygens (including phenoxy) is 1. The summed E-state index contributed by atoms with van der Waals surface area (Å²) in [6.45, 7) is 11.5. The number of aryl methyl sites for hydroxylation is 1. The summed E-state index contributed by atoms with van der Waals surface area (Å²) in [6, 6.07) is 0. The average Bonchev–Trinajstić information content (AvgIpc) is 2.54. The maximum absolute atomic E-state index is 5.53. The lowest BCUT2D eigenvalue weighted by atomic mass is 9.95. The number of aromatic nitrogens is 2. The summed E-state index contributed by atoms with van der Waals surface area (Å²) < 4.78 is 10.0. The van der Waals surface area contributed by atoms with E-state index >= 15 is 0 Å². The Balaban J connectivity index is 2.66. The summed E-state index contributed by atoms with van der Waals surface area (Å²) in [5.41, 5.74) is 0.170. The molecule has 0 aliphatic carbocycles. The molecule has 0 saturated heterocycles. The molecule has 16 heavy (non-hydrogen) atoms. The van der Waals surface area contributed by atoms with Gasteiger partial charge in [-0.1, -0.05) is 6.92 Å². The third kappa shape index (κ3) is 3.34. The molecule has 0 unspecified atom stereocenters. The van der Waals surface area contributed by atoms with Crippen molar-refractivity contribution in [1.29, 1.82) is 0 Å². The molecule has 0 amide bonds. The second kappa shape index (κ2) is 5.48. The average molecular weight is 225 g/mol. The smallest absolute Gasteiger partial charge is 0.261 e. The molecule has 0 aliphatic heterocycles. The third-order valence-electron chi connectivity index (χ3n) is 2.57. The Kier molecular flexibility index (Phi) is 4.54. The summed E-state index contributed by atoms with van der Waals surface area (Å²) in [5, 5.41) is 0. The molecule has 1 heterocycles. The first-order valence-corrected chi connectivity index (χ1v) is 6.09. The Morgan fingerprint density at radius 2 is 2.00 bits per heavy atom. The van der Waals surface area contributed by atoms with Crippen molar-refractivity contribution < 1.29 is 9.30 Å². The van der Waals surface area contributed by atoms with Crippen molar-refractivity contribution in [2.75, 3.05) is 13.2 Å². The molecule has 3 heteroatoms. The van der Waals surface area contributed by atoms with Gasteiger partial charge in [-0.05, 0) is 27.2 Å². The van der Waals surface area contributed by atoms with Crippen LogP contribution in [0.15, 0.2) is 12.4 Å². The van der Waals surface area contributed by atoms with Crippen molar-refractivity contribution in [2.24, 2.45) is 7.05 Å². The molecule has 0 N–H and O–H groups in total. The fourth-order valence-electron chi connectivity index (χ4n) is 2.07. The van der Waals surface area contributed by atoms with E-state index in [1.54, 1.807) is 0 Å². The van der Waals surface area contributed by atoms with E-state index in [0.29, 0.717) is 0 Å². The molecule has 0 saturated carbocycles. The molecule has 0 bridgehead atoms. The van der Waals surface area contributed by atoms with Crippen molar-refractivity contribution in [3.8, 4) is 0 Å². The molecule has 1 rings (SSSR count). The minimum absolute atomic E-state index is 0.170. The fourth-order valence-corrected chi connectivity index (χ4v) is 2.07. The van der Waals surface area contributed by atoms with Crippen molar-refractivity contribution in [3.05, 3.63) is 18.2 Å². The van der Waals surface area contributed by atoms with Crippen LogP contribution in [0.2, 0.25) is 0 Å². The van der Waals surface area contributed by atoms with Crippen molar-refractivity contribution in [3.63, 3.8) is 0 Å². The van der Waals surface area contributed by atoms with E-state index < -0.39 is 0 Å². The van der Waals surface area contributed by atoms with Crippen LogP contribution in [-0.2, 0) is 23.7 Å². The quantitative estimate of drug-likeness (QED) is 0.554. The van der Waals surface area contributed by atoms with Gasteiger partial charge in [-0.2, -0.15) is 0 Å². The van der Waals surface area contributed by atoms with Gasteiger partial charge in [0.05, 0.1) is 19.1 Å². The first-order valence-electron chi connectivity index (χ1n) is 6.09. The summed E-state index contributed by atoms with van der Waals surface area (Å²) in [7, 11) is 2.10. The molecule has 3 nitrogen and oxygen atoms in total. The topological polar surface area (TPSA) is 18.0 Å². The Morgan fingerprint density at radius 3 is 2.56 bits per heavy atom. The second-order valence-corrected chi connectivity index (χ2v) is 5.29. The van der Waals surface area contributed by atoms with Crippen LogP contribution in [0.1, 0.15) is 39.9 Å². The van der Waals surface area contributed by atoms with Gasteiger partial charge < -0.3 is 4.74 Å². The standard InChI is InChI=1S/C13H25N2O/c1-6-10-16-11-9-15-8-7-14(5)12(15)13(2,3)4/h7-8H,6,9-11H2,1-5H3/q+1. The fraction of sp³-hybridized carbons (Fsp3) is 0.769. The van der Waals surface area contributed by atoms with E-state index in [1.165, 1.54) is 5.82 Å². The van der Waals surface area contributed by atoms with Crippen molar-refractivity contribution in [1.82, 2.24) is 4.57 Å². The van der Waals surface area contributed by atoms with Crippen LogP contribution in [0.4, 0.5) is 0 Å². The van der Waals surface area contributed by atoms with Gasteiger partial charge in [0.25, 0.3) is 5.82 Å². The zero-order valence-electron chi connectivity index (χ0n) is 11.3. The van der Waals surface area contributed by atoms with Crippen LogP contribution in [-0.4, -0.2) is 17.8 Å². The van der Waals surface area contributed by atoms with E-state index in [-0.39, 0.29) is 5.41 Å². The van der Waals surface area contributed by atoms with Gasteiger partial charge in [-0.3, -0.25) is 0 Å². The van der Waals surface area contributed by atoms with Gasteiger partial charge in [0.15, 0.2) is 0 Å². The number of imidazole rings is 1. The highest BCUT2D eigenvalue weighted by Gasteiger charge is 2.28. The first-order chi connectivity index (χ1) is 7.46. The number of hydrogen-bond acceptors (Lipinski definition) is 1. The Morgan fingerprint density at radius 1 is 1.31 bits per heavy atom. The molecular weight excluding hydrogens is 200 g/mol. The van der Waals surface area contributed by atoms with Crippen LogP contribution >= 0.6 is 0 Å². The van der Waals surface area contributed by atoms with Crippen LogP contribution < -0.4 is 4.57 Å². The lowest BCUT2D eigenvalue weighted by molar-refractivity contribution is -0.682. The van der Waals surface area contributed by atoms with Crippen molar-refractivity contribution in [2.45, 2.75) is 46.1 Å². The van der Waals surface area contributed by atoms with Gasteiger partial charge in [-0.15, -0.1) is 0 Å². The lowest BCUT2D eigenvalue weighted by Gasteiger charge is -2.15. The van der Waals surface area contributed by atoms with Crippen molar-refractivity contribution >= 4 is 0 Å². The summed E-state index contributed by atoms with van der Waals surface area (Å²) in [4.78, 5) is 0. The summed E-state index contributed by atoms with van der Waals surface area (Å²) in [5.74, 6) is 1.34. The number of hydrogen-bond donors (Lipinski definition) is 0. The van der Waals surface area contributed by atoms with E-state index in [4.69, 9.17) is 4.74 Å². The van der Waals surface area contributed by atoms with E-state index in [0.717, 1.165) is 26.2 Å². The van der Waals surface area contributed by atoms with Gasteiger partial charge in [0.1, 0.15) is 18.9 Å². The van der Waals surface area contributed by atoms with Gasteiger partial charge in [-0.25, -0.2) is 9.13 Å². The maximum Gasteiger partial charge on any atom is 0.261 e. The Labute approximate surface area is 99.0 Å². The Hall–Kier alpha value is -0.830. The van der Waals surface area contributed by atoms with Crippen LogP contribution in [0, 0.1) is 0 Å². The molecule has 0 atom stereocenters. The minimum Gasteiger partial charge on any atom is -0.377 e. The monoisotopic (exact) mass is 225 g/mol. The van der Waals surface area contributed by atoms with Gasteiger partial charge in [0, 0.05) is 6.61 Å². The number of rotatable bonds is 5. The van der Waals surface area contributed by atoms with E-state index in [1.807, 2.05) is 0 Å². The molecule has 0 radical (unpaired) electrons. The maximum atomic E-state index is 5.53. The summed E-state index contributed by atoms with van der Waals surface area (Å²) >= 11 is 0. The molecular formula is C13H25N2O+. The number of nitrogens with zero attached hydrogens (tertiary/aromatic N) is 2. The molecule has 1 aromatic rings. The van der Waals surface area contributed by atoms with Gasteiger partial charge in [0.2, 0.25) is 0 Å². The van der Waals surface area contributed by atoms with E-state index in [9.17, 15) is 0 Å². The minimum atomic E-state index is 0.170. The van der Waals surface area contributed by atoms with Gasteiger partial charge >= 0.3 is 0 Å². The normalized spacial score (nSPS) is 12.1. The zero-order valence-corrected chi connectivity index (χ0v) is 11.3. The molecule has 0 fully saturated rings. The molecule has 0 aromatic carbocycles. The third-order valence-corrected chi connectivity index (χ3v) is 2.57. The highest BCUT2D eigenvalue weighted by Crippen LogP contribution is 2.18. The Bertz CT molecular complexity index is 323. The molecule has 92 valence electrons. The summed E-state index contributed by atoms with van der Waals surface area (Å²) in [6.07, 6.45) is 5.34. The highest BCUT2D eigenvalue weighted by atomic mass is 16.5. The molecule has 0 spiro atoms. The zero-order chi connectivity index (χ0) is 12.2. The van der Waals surface area contributed by atoms with Crippen LogP contribution in [0.5, 0.6) is 0 Å². The van der Waals surface area contributed by atoms with E-state index in [2.05, 4.69) is 56.3 Å². The first kappa shape index (κ1) is 13.2. The lowest BCUT2D eigenvalue weighted by Crippen LogP contribution is -2.39. The predicted molar refractivity (Wildman–Crippen MR) is 65.4 cm³/mol. The largest absolute Gasteiger partial charge is 0.377 e. The molecule has 1 aromatic heterocycles. The molecule has 0 aliphatic rings. The second-order valence-electron chi connectivity index (χ2n) is 5.29. The van der Waals surface area contributed by atoms with Crippen LogP contribution in [0.3, 0.4) is 0 Å². The predicted octanol–water partition coefficient (Wildman–Crippen LogP) is 2.04. The highest BCUT2D eigenvalue weighted by molar-refractivity contribution is 4.98.